The van der Waals surface area contributed by atoms with E-state index in [1.807, 2.05) is 20.8 Å². The maximum atomic E-state index is 11.6. The van der Waals surface area contributed by atoms with Crippen LogP contribution in [0.2, 0.25) is 0 Å². The van der Waals surface area contributed by atoms with Crippen LogP contribution in [0.15, 0.2) is 0 Å². The molecule has 0 aromatic rings. The Bertz CT molecular complexity index is 209. The van der Waals surface area contributed by atoms with Crippen LogP contribution in [0.1, 0.15) is 66.2 Å². The molecule has 0 fully saturated rings. The summed E-state index contributed by atoms with van der Waals surface area (Å²) in [6, 6.07) is 0. The first-order valence-electron chi connectivity index (χ1n) is 6.81. The summed E-state index contributed by atoms with van der Waals surface area (Å²) in [6.07, 6.45) is 7.24. The molecule has 0 aliphatic rings. The van der Waals surface area contributed by atoms with E-state index in [1.54, 1.807) is 11.9 Å². The van der Waals surface area contributed by atoms with Gasteiger partial charge in [0, 0.05) is 13.6 Å². The Kier molecular flexibility index (Phi) is 8.01. The summed E-state index contributed by atoms with van der Waals surface area (Å²) in [5.41, 5.74) is -0.396. The van der Waals surface area contributed by atoms with Gasteiger partial charge in [-0.05, 0) is 27.2 Å². The molecule has 0 aliphatic carbocycles. The van der Waals surface area contributed by atoms with Gasteiger partial charge in [-0.25, -0.2) is 4.79 Å². The molecular formula is C14H29NO2. The lowest BCUT2D eigenvalue weighted by molar-refractivity contribution is 0.0296. The van der Waals surface area contributed by atoms with Crippen LogP contribution in [0.5, 0.6) is 0 Å². The van der Waals surface area contributed by atoms with Crippen molar-refractivity contribution >= 4 is 6.09 Å². The maximum Gasteiger partial charge on any atom is 0.410 e. The third-order valence-electron chi connectivity index (χ3n) is 2.55. The molecule has 0 spiro atoms. The summed E-state index contributed by atoms with van der Waals surface area (Å²) in [4.78, 5) is 13.3. The summed E-state index contributed by atoms with van der Waals surface area (Å²) in [6.45, 7) is 8.69. The minimum Gasteiger partial charge on any atom is -0.444 e. The molecule has 0 unspecified atom stereocenters. The second kappa shape index (κ2) is 8.37. The second-order valence-electron chi connectivity index (χ2n) is 5.67. The third-order valence-corrected chi connectivity index (χ3v) is 2.55. The average molecular weight is 243 g/mol. The first-order chi connectivity index (χ1) is 7.87. The number of hydrogen-bond acceptors (Lipinski definition) is 2. The van der Waals surface area contributed by atoms with Gasteiger partial charge in [-0.15, -0.1) is 0 Å². The number of nitrogens with zero attached hydrogens (tertiary/aromatic N) is 1. The Morgan fingerprint density at radius 2 is 1.59 bits per heavy atom. The van der Waals surface area contributed by atoms with E-state index < -0.39 is 5.60 Å². The highest BCUT2D eigenvalue weighted by Crippen LogP contribution is 2.10. The molecule has 0 aromatic carbocycles. The van der Waals surface area contributed by atoms with Crippen LogP contribution >= 0.6 is 0 Å². The van der Waals surface area contributed by atoms with E-state index in [1.165, 1.54) is 32.1 Å². The fourth-order valence-electron chi connectivity index (χ4n) is 1.56. The van der Waals surface area contributed by atoms with E-state index in [9.17, 15) is 4.79 Å². The van der Waals surface area contributed by atoms with Crippen LogP contribution in [-0.2, 0) is 4.74 Å². The van der Waals surface area contributed by atoms with E-state index in [2.05, 4.69) is 6.92 Å². The van der Waals surface area contributed by atoms with Crippen molar-refractivity contribution in [3.63, 3.8) is 0 Å². The van der Waals surface area contributed by atoms with Gasteiger partial charge in [-0.1, -0.05) is 39.0 Å². The molecule has 0 rings (SSSR count). The van der Waals surface area contributed by atoms with Gasteiger partial charge in [-0.2, -0.15) is 0 Å². The smallest absolute Gasteiger partial charge is 0.410 e. The highest BCUT2D eigenvalue weighted by atomic mass is 16.6. The molecule has 0 N–H and O–H groups in total. The van der Waals surface area contributed by atoms with Crippen molar-refractivity contribution in [3.05, 3.63) is 0 Å². The number of unbranched alkanes of at least 4 members (excludes halogenated alkanes) is 5. The predicted molar refractivity (Wildman–Crippen MR) is 72.2 cm³/mol. The molecule has 0 aromatic heterocycles. The third kappa shape index (κ3) is 10.2. The normalized spacial score (nSPS) is 11.4. The summed E-state index contributed by atoms with van der Waals surface area (Å²) in [5, 5.41) is 0. The molecule has 3 heteroatoms. The van der Waals surface area contributed by atoms with Gasteiger partial charge >= 0.3 is 6.09 Å². The quantitative estimate of drug-likeness (QED) is 0.627. The van der Waals surface area contributed by atoms with E-state index >= 15 is 0 Å². The standard InChI is InChI=1S/C14H29NO2/c1-6-7-8-9-10-11-12-15(5)13(16)17-14(2,3)4/h6-12H2,1-5H3. The molecular weight excluding hydrogens is 214 g/mol. The minimum atomic E-state index is -0.396. The van der Waals surface area contributed by atoms with Crippen molar-refractivity contribution in [1.29, 1.82) is 0 Å². The SMILES string of the molecule is CCCCCCCCN(C)C(=O)OC(C)(C)C. The zero-order valence-electron chi connectivity index (χ0n) is 12.2. The van der Waals surface area contributed by atoms with Gasteiger partial charge in [0.05, 0.1) is 0 Å². The molecule has 102 valence electrons. The van der Waals surface area contributed by atoms with Crippen molar-refractivity contribution in [2.24, 2.45) is 0 Å². The Morgan fingerprint density at radius 3 is 2.12 bits per heavy atom. The monoisotopic (exact) mass is 243 g/mol. The second-order valence-corrected chi connectivity index (χ2v) is 5.67. The maximum absolute atomic E-state index is 11.6. The lowest BCUT2D eigenvalue weighted by Crippen LogP contribution is -2.34. The van der Waals surface area contributed by atoms with Gasteiger partial charge in [0.15, 0.2) is 0 Å². The Hall–Kier alpha value is -0.730. The topological polar surface area (TPSA) is 29.5 Å². The van der Waals surface area contributed by atoms with Crippen molar-refractivity contribution in [1.82, 2.24) is 4.90 Å². The minimum absolute atomic E-state index is 0.217. The largest absolute Gasteiger partial charge is 0.444 e. The van der Waals surface area contributed by atoms with Crippen LogP contribution in [0.25, 0.3) is 0 Å². The fourth-order valence-corrected chi connectivity index (χ4v) is 1.56. The van der Waals surface area contributed by atoms with Crippen LogP contribution in [0.4, 0.5) is 4.79 Å². The van der Waals surface area contributed by atoms with Crippen molar-refractivity contribution < 1.29 is 9.53 Å². The molecule has 0 saturated heterocycles. The van der Waals surface area contributed by atoms with Crippen molar-refractivity contribution in [2.75, 3.05) is 13.6 Å². The molecule has 0 bridgehead atoms. The number of amides is 1. The molecule has 1 amide bonds. The average Bonchev–Trinajstić information content (AvgIpc) is 2.20. The first-order valence-corrected chi connectivity index (χ1v) is 6.81. The summed E-state index contributed by atoms with van der Waals surface area (Å²) >= 11 is 0. The summed E-state index contributed by atoms with van der Waals surface area (Å²) < 4.78 is 5.28. The molecule has 0 heterocycles. The fraction of sp³-hybridized carbons (Fsp3) is 0.929. The Labute approximate surface area is 107 Å². The molecule has 0 aliphatic heterocycles. The number of carbonyl (C=O) groups is 1. The predicted octanol–water partition coefficient (Wildman–Crippen LogP) is 4.21. The van der Waals surface area contributed by atoms with Crippen LogP contribution in [0.3, 0.4) is 0 Å². The molecule has 0 saturated carbocycles. The summed E-state index contributed by atoms with van der Waals surface area (Å²) in [5.74, 6) is 0. The van der Waals surface area contributed by atoms with E-state index in [4.69, 9.17) is 4.74 Å². The van der Waals surface area contributed by atoms with Crippen molar-refractivity contribution in [2.45, 2.75) is 71.8 Å². The van der Waals surface area contributed by atoms with Gasteiger partial charge < -0.3 is 9.64 Å². The summed E-state index contributed by atoms with van der Waals surface area (Å²) in [7, 11) is 1.81. The highest BCUT2D eigenvalue weighted by Gasteiger charge is 2.18. The van der Waals surface area contributed by atoms with E-state index in [-0.39, 0.29) is 6.09 Å². The molecule has 17 heavy (non-hydrogen) atoms. The lowest BCUT2D eigenvalue weighted by Gasteiger charge is -2.24. The van der Waals surface area contributed by atoms with Crippen LogP contribution < -0.4 is 0 Å². The van der Waals surface area contributed by atoms with Gasteiger partial charge in [0.25, 0.3) is 0 Å². The Morgan fingerprint density at radius 1 is 1.06 bits per heavy atom. The van der Waals surface area contributed by atoms with Gasteiger partial charge in [0.2, 0.25) is 0 Å². The highest BCUT2D eigenvalue weighted by molar-refractivity contribution is 5.67. The number of rotatable bonds is 7. The number of hydrogen-bond donors (Lipinski definition) is 0. The van der Waals surface area contributed by atoms with E-state index in [0.717, 1.165) is 13.0 Å². The van der Waals surface area contributed by atoms with Gasteiger partial charge in [-0.3, -0.25) is 0 Å². The number of ether oxygens (including phenoxy) is 1. The molecule has 0 radical (unpaired) electrons. The van der Waals surface area contributed by atoms with Crippen LogP contribution in [0, 0.1) is 0 Å². The Balaban J connectivity index is 3.58. The van der Waals surface area contributed by atoms with Gasteiger partial charge in [0.1, 0.15) is 5.60 Å². The van der Waals surface area contributed by atoms with E-state index in [0.29, 0.717) is 0 Å². The lowest BCUT2D eigenvalue weighted by atomic mass is 10.1. The molecule has 0 atom stereocenters. The first kappa shape index (κ1) is 16.3. The zero-order chi connectivity index (χ0) is 13.3. The van der Waals surface area contributed by atoms with Crippen molar-refractivity contribution in [3.8, 4) is 0 Å². The molecule has 3 nitrogen and oxygen atoms in total. The number of carbonyl (C=O) groups excluding carboxylic acids is 1. The zero-order valence-corrected chi connectivity index (χ0v) is 12.2. The van der Waals surface area contributed by atoms with Crippen LogP contribution in [-0.4, -0.2) is 30.2 Å².